The summed E-state index contributed by atoms with van der Waals surface area (Å²) in [5.74, 6) is -2.52. The second kappa shape index (κ2) is 9.05. The first-order valence-electron chi connectivity index (χ1n) is 9.00. The van der Waals surface area contributed by atoms with Gasteiger partial charge in [0.25, 0.3) is 0 Å². The van der Waals surface area contributed by atoms with Gasteiger partial charge in [0, 0.05) is 13.0 Å². The summed E-state index contributed by atoms with van der Waals surface area (Å²) in [6.45, 7) is 1.54. The van der Waals surface area contributed by atoms with E-state index in [9.17, 15) is 19.1 Å². The maximum Gasteiger partial charge on any atom is 0.312 e. The molecule has 8 nitrogen and oxygen atoms in total. The Bertz CT molecular complexity index is 975. The second-order valence-corrected chi connectivity index (χ2v) is 6.56. The predicted molar refractivity (Wildman–Crippen MR) is 102 cm³/mol. The molecule has 150 valence electrons. The summed E-state index contributed by atoms with van der Waals surface area (Å²) in [5.41, 5.74) is 1.31. The normalized spacial score (nSPS) is 12.9. The number of hydrogen-bond acceptors (Lipinski definition) is 5. The highest BCUT2D eigenvalue weighted by Crippen LogP contribution is 2.18. The molecule has 2 N–H and O–H groups in total. The van der Waals surface area contributed by atoms with E-state index < -0.39 is 29.7 Å². The van der Waals surface area contributed by atoms with Crippen molar-refractivity contribution in [1.29, 1.82) is 0 Å². The summed E-state index contributed by atoms with van der Waals surface area (Å²) < 4.78 is 14.5. The average molecular weight is 397 g/mol. The Morgan fingerprint density at radius 2 is 1.83 bits per heavy atom. The number of aliphatic carboxylic acids is 1. The third-order valence-corrected chi connectivity index (χ3v) is 4.58. The van der Waals surface area contributed by atoms with Crippen molar-refractivity contribution in [3.63, 3.8) is 0 Å². The van der Waals surface area contributed by atoms with Gasteiger partial charge in [0.15, 0.2) is 0 Å². The number of rotatable bonds is 8. The molecule has 29 heavy (non-hydrogen) atoms. The van der Waals surface area contributed by atoms with E-state index in [2.05, 4.69) is 20.8 Å². The van der Waals surface area contributed by atoms with Crippen molar-refractivity contribution >= 4 is 11.9 Å². The van der Waals surface area contributed by atoms with Crippen LogP contribution >= 0.6 is 0 Å². The third kappa shape index (κ3) is 5.01. The van der Waals surface area contributed by atoms with Crippen LogP contribution in [0.2, 0.25) is 0 Å². The molecule has 3 aromatic rings. The monoisotopic (exact) mass is 397 g/mol. The smallest absolute Gasteiger partial charge is 0.312 e. The van der Waals surface area contributed by atoms with Crippen LogP contribution in [0.4, 0.5) is 4.39 Å². The molecular weight excluding hydrogens is 377 g/mol. The van der Waals surface area contributed by atoms with Crippen molar-refractivity contribution in [3.05, 3.63) is 77.4 Å². The fourth-order valence-electron chi connectivity index (χ4n) is 3.02. The lowest BCUT2D eigenvalue weighted by Gasteiger charge is -2.20. The molecule has 0 fully saturated rings. The Labute approximate surface area is 166 Å². The van der Waals surface area contributed by atoms with Crippen LogP contribution in [0.1, 0.15) is 28.9 Å². The number of carbonyl (C=O) groups excluding carboxylic acids is 1. The molecule has 0 aliphatic carbocycles. The Balaban J connectivity index is 1.77. The molecule has 2 atom stereocenters. The van der Waals surface area contributed by atoms with Crippen LogP contribution in [0.25, 0.3) is 0 Å². The first-order chi connectivity index (χ1) is 14.0. The summed E-state index contributed by atoms with van der Waals surface area (Å²) >= 11 is 0. The van der Waals surface area contributed by atoms with Gasteiger partial charge in [-0.1, -0.05) is 42.5 Å². The van der Waals surface area contributed by atoms with Gasteiger partial charge in [0.2, 0.25) is 5.91 Å². The molecule has 0 saturated heterocycles. The highest BCUT2D eigenvalue weighted by molar-refractivity contribution is 5.82. The number of carboxylic acid groups (broad SMARTS) is 1. The zero-order valence-corrected chi connectivity index (χ0v) is 15.7. The van der Waals surface area contributed by atoms with Crippen molar-refractivity contribution in [3.8, 4) is 0 Å². The largest absolute Gasteiger partial charge is 0.481 e. The van der Waals surface area contributed by atoms with Crippen LogP contribution in [0.15, 0.2) is 54.6 Å². The number of tetrazole rings is 1. The fourth-order valence-corrected chi connectivity index (χ4v) is 3.02. The van der Waals surface area contributed by atoms with Gasteiger partial charge in [-0.3, -0.25) is 9.59 Å². The molecule has 0 radical (unpaired) electrons. The lowest BCUT2D eigenvalue weighted by Crippen LogP contribution is -2.38. The van der Waals surface area contributed by atoms with E-state index in [1.165, 1.54) is 28.9 Å². The van der Waals surface area contributed by atoms with E-state index in [0.29, 0.717) is 17.8 Å². The van der Waals surface area contributed by atoms with Crippen molar-refractivity contribution < 1.29 is 19.1 Å². The molecule has 0 aliphatic heterocycles. The van der Waals surface area contributed by atoms with E-state index in [0.717, 1.165) is 5.56 Å². The molecule has 9 heteroatoms. The minimum absolute atomic E-state index is 0.147. The minimum atomic E-state index is -1.12. The molecule has 0 saturated carbocycles. The van der Waals surface area contributed by atoms with Crippen LogP contribution in [0.5, 0.6) is 0 Å². The van der Waals surface area contributed by atoms with Gasteiger partial charge in [0.1, 0.15) is 17.7 Å². The zero-order chi connectivity index (χ0) is 20.8. The van der Waals surface area contributed by atoms with Crippen molar-refractivity contribution in [2.45, 2.75) is 25.3 Å². The van der Waals surface area contributed by atoms with Gasteiger partial charge < -0.3 is 10.4 Å². The Morgan fingerprint density at radius 1 is 1.14 bits per heavy atom. The SMILES string of the molecule is Cc1nnnn1C(Cc1ccccc1)C(=O)NCC(C(=O)O)c1ccc(F)cc1. The Kier molecular flexibility index (Phi) is 6.28. The van der Waals surface area contributed by atoms with E-state index in [4.69, 9.17) is 0 Å². The molecule has 0 bridgehead atoms. The Morgan fingerprint density at radius 3 is 2.41 bits per heavy atom. The number of amides is 1. The predicted octanol–water partition coefficient (Wildman–Crippen LogP) is 1.89. The highest BCUT2D eigenvalue weighted by Gasteiger charge is 2.27. The third-order valence-electron chi connectivity index (χ3n) is 4.58. The van der Waals surface area contributed by atoms with Crippen LogP contribution in [0.3, 0.4) is 0 Å². The van der Waals surface area contributed by atoms with Crippen molar-refractivity contribution in [1.82, 2.24) is 25.5 Å². The fraction of sp³-hybridized carbons (Fsp3) is 0.250. The standard InChI is InChI=1S/C20H20FN5O3/c1-13-23-24-25-26(13)18(11-14-5-3-2-4-6-14)19(27)22-12-17(20(28)29)15-7-9-16(21)10-8-15/h2-10,17-18H,11-12H2,1H3,(H,22,27)(H,28,29). The van der Waals surface area contributed by atoms with Gasteiger partial charge in [0.05, 0.1) is 5.92 Å². The molecule has 2 aromatic carbocycles. The highest BCUT2D eigenvalue weighted by atomic mass is 19.1. The summed E-state index contributed by atoms with van der Waals surface area (Å²) in [7, 11) is 0. The number of carbonyl (C=O) groups is 2. The van der Waals surface area contributed by atoms with Gasteiger partial charge in [-0.05, 0) is 40.6 Å². The first-order valence-corrected chi connectivity index (χ1v) is 9.00. The van der Waals surface area contributed by atoms with Crippen molar-refractivity contribution in [2.24, 2.45) is 0 Å². The number of carboxylic acids is 1. The summed E-state index contributed by atoms with van der Waals surface area (Å²) in [6, 6.07) is 13.8. The summed E-state index contributed by atoms with van der Waals surface area (Å²) in [4.78, 5) is 24.6. The lowest BCUT2D eigenvalue weighted by atomic mass is 9.98. The maximum absolute atomic E-state index is 13.1. The molecule has 1 aromatic heterocycles. The van der Waals surface area contributed by atoms with E-state index >= 15 is 0 Å². The number of hydrogen-bond donors (Lipinski definition) is 2. The lowest BCUT2D eigenvalue weighted by molar-refractivity contribution is -0.138. The topological polar surface area (TPSA) is 110 Å². The number of nitrogens with zero attached hydrogens (tertiary/aromatic N) is 4. The molecular formula is C20H20FN5O3. The quantitative estimate of drug-likeness (QED) is 0.601. The molecule has 1 heterocycles. The molecule has 3 rings (SSSR count). The van der Waals surface area contributed by atoms with Crippen LogP contribution in [-0.4, -0.2) is 43.7 Å². The van der Waals surface area contributed by atoms with E-state index in [1.54, 1.807) is 6.92 Å². The van der Waals surface area contributed by atoms with Gasteiger partial charge >= 0.3 is 5.97 Å². The van der Waals surface area contributed by atoms with Gasteiger partial charge in [-0.25, -0.2) is 9.07 Å². The number of halogens is 1. The number of aromatic nitrogens is 4. The zero-order valence-electron chi connectivity index (χ0n) is 15.7. The van der Waals surface area contributed by atoms with Crippen LogP contribution < -0.4 is 5.32 Å². The van der Waals surface area contributed by atoms with Gasteiger partial charge in [-0.15, -0.1) is 5.10 Å². The number of nitrogens with one attached hydrogen (secondary N) is 1. The summed E-state index contributed by atoms with van der Waals surface area (Å²) in [6.07, 6.45) is 0.340. The second-order valence-electron chi connectivity index (χ2n) is 6.56. The molecule has 0 aliphatic rings. The molecule has 2 unspecified atom stereocenters. The first kappa shape index (κ1) is 20.1. The summed E-state index contributed by atoms with van der Waals surface area (Å²) in [5, 5.41) is 23.5. The Hall–Kier alpha value is -3.62. The maximum atomic E-state index is 13.1. The van der Waals surface area contributed by atoms with E-state index in [-0.39, 0.29) is 6.54 Å². The number of aryl methyl sites for hydroxylation is 1. The van der Waals surface area contributed by atoms with Crippen LogP contribution in [0, 0.1) is 12.7 Å². The minimum Gasteiger partial charge on any atom is -0.481 e. The average Bonchev–Trinajstić information content (AvgIpc) is 3.13. The van der Waals surface area contributed by atoms with Crippen molar-refractivity contribution in [2.75, 3.05) is 6.54 Å². The van der Waals surface area contributed by atoms with E-state index in [1.807, 2.05) is 30.3 Å². The molecule has 0 spiro atoms. The molecule has 1 amide bonds. The van der Waals surface area contributed by atoms with Crippen LogP contribution in [-0.2, 0) is 16.0 Å². The van der Waals surface area contributed by atoms with Gasteiger partial charge in [-0.2, -0.15) is 0 Å². The number of benzene rings is 2.